The molecule has 0 aliphatic carbocycles. The third kappa shape index (κ3) is 10.0. The smallest absolute Gasteiger partial charge is 0.318 e. The Morgan fingerprint density at radius 3 is 2.13 bits per heavy atom. The maximum atomic E-state index is 13.9. The third-order valence-corrected chi connectivity index (χ3v) is 9.60. The minimum absolute atomic E-state index is 0.0316. The number of aromatic hydroxyl groups is 1. The molecule has 4 amide bonds. The van der Waals surface area contributed by atoms with Gasteiger partial charge in [-0.05, 0) is 87.5 Å². The Balaban J connectivity index is 1.47. The van der Waals surface area contributed by atoms with Gasteiger partial charge >= 0.3 is 6.03 Å². The van der Waals surface area contributed by atoms with Crippen LogP contribution in [0.2, 0.25) is 0 Å². The van der Waals surface area contributed by atoms with Crippen molar-refractivity contribution in [3.63, 3.8) is 0 Å². The SMILES string of the molecule is NCCCC[C@H](NC(=O)[C@@H](Cc1cc(Br)c(O)c(Br)c1)NC(=O)N1CCN(CCO)CC1)C(=O)N1CCN(c2ccncc2)CC1. The maximum absolute atomic E-state index is 13.9. The number of halogens is 2. The van der Waals surface area contributed by atoms with E-state index in [1.807, 2.05) is 12.1 Å². The van der Waals surface area contributed by atoms with Crippen LogP contribution in [0.25, 0.3) is 0 Å². The van der Waals surface area contributed by atoms with Gasteiger partial charge in [-0.2, -0.15) is 0 Å². The number of nitrogens with zero attached hydrogens (tertiary/aromatic N) is 5. The molecular weight excluding hydrogens is 724 g/mol. The first kappa shape index (κ1) is 35.9. The second-order valence-corrected chi connectivity index (χ2v) is 13.2. The number of aliphatic hydroxyl groups excluding tert-OH is 1. The summed E-state index contributed by atoms with van der Waals surface area (Å²) in [6, 6.07) is 5.16. The number of phenols is 1. The number of rotatable bonds is 13. The number of nitrogens with two attached hydrogens (primary N) is 1. The van der Waals surface area contributed by atoms with Crippen molar-refractivity contribution in [1.29, 1.82) is 0 Å². The molecule has 6 N–H and O–H groups in total. The van der Waals surface area contributed by atoms with Gasteiger partial charge in [0, 0.05) is 83.4 Å². The molecule has 2 aliphatic rings. The molecule has 1 aromatic heterocycles. The Hall–Kier alpha value is -2.98. The molecule has 2 aliphatic heterocycles. The number of carbonyl (C=O) groups excluding carboxylic acids is 3. The number of β-amino-alcohol motifs (C(OH)–C–C–N with tert-alkyl or cyclic N) is 1. The lowest BCUT2D eigenvalue weighted by atomic mass is 10.0. The van der Waals surface area contributed by atoms with Gasteiger partial charge in [-0.1, -0.05) is 0 Å². The van der Waals surface area contributed by atoms with E-state index < -0.39 is 18.0 Å². The monoisotopic (exact) mass is 766 g/mol. The topological polar surface area (TPSA) is 168 Å². The number of hydrogen-bond acceptors (Lipinski definition) is 9. The van der Waals surface area contributed by atoms with Gasteiger partial charge in [0.2, 0.25) is 11.8 Å². The van der Waals surface area contributed by atoms with Crippen LogP contribution in [-0.2, 0) is 16.0 Å². The highest BCUT2D eigenvalue weighted by molar-refractivity contribution is 9.11. The van der Waals surface area contributed by atoms with Gasteiger partial charge in [0.25, 0.3) is 0 Å². The number of unbranched alkanes of at least 4 members (excludes halogenated alkanes) is 1. The molecule has 15 heteroatoms. The fraction of sp³-hybridized carbons (Fsp3) is 0.548. The Morgan fingerprint density at radius 1 is 0.891 bits per heavy atom. The minimum atomic E-state index is -0.986. The van der Waals surface area contributed by atoms with Crippen molar-refractivity contribution in [2.45, 2.75) is 37.8 Å². The molecule has 1 aromatic carbocycles. The zero-order chi connectivity index (χ0) is 33.1. The number of hydrogen-bond donors (Lipinski definition) is 5. The Labute approximate surface area is 286 Å². The number of carbonyl (C=O) groups is 3. The van der Waals surface area contributed by atoms with Gasteiger partial charge < -0.3 is 41.3 Å². The zero-order valence-corrected chi connectivity index (χ0v) is 29.1. The number of aliphatic hydroxyl groups is 1. The molecule has 0 bridgehead atoms. The summed E-state index contributed by atoms with van der Waals surface area (Å²) in [4.78, 5) is 53.0. The summed E-state index contributed by atoms with van der Waals surface area (Å²) in [6.07, 6.45) is 5.43. The van der Waals surface area contributed by atoms with Crippen molar-refractivity contribution in [2.24, 2.45) is 5.73 Å². The van der Waals surface area contributed by atoms with E-state index in [1.54, 1.807) is 34.3 Å². The lowest BCUT2D eigenvalue weighted by Crippen LogP contribution is -2.59. The molecule has 0 saturated carbocycles. The predicted octanol–water partition coefficient (Wildman–Crippen LogP) is 1.51. The fourth-order valence-corrected chi connectivity index (χ4v) is 7.00. The van der Waals surface area contributed by atoms with Gasteiger partial charge in [0.15, 0.2) is 0 Å². The number of benzene rings is 1. The van der Waals surface area contributed by atoms with Crippen LogP contribution in [0.3, 0.4) is 0 Å². The van der Waals surface area contributed by atoms with Crippen LogP contribution in [0, 0.1) is 0 Å². The number of urea groups is 1. The second-order valence-electron chi connectivity index (χ2n) is 11.5. The Bertz CT molecular complexity index is 1280. The van der Waals surface area contributed by atoms with Crippen LogP contribution in [0.4, 0.5) is 10.5 Å². The molecule has 2 fully saturated rings. The summed E-state index contributed by atoms with van der Waals surface area (Å²) in [6.45, 7) is 5.59. The molecule has 46 heavy (non-hydrogen) atoms. The number of amides is 4. The second kappa shape index (κ2) is 17.8. The standard InChI is InChI=1S/C31H44Br2N8O5/c32-24-19-22(20-25(33)28(24)43)21-27(37-31(46)41-11-9-38(10-12-41)17-18-42)29(44)36-26(3-1-2-6-34)30(45)40-15-13-39(14-16-40)23-4-7-35-8-5-23/h4-5,7-8,19-20,26-27,42-43H,1-3,6,9-18,21,34H2,(H,36,44)(H,37,46)/t26-,27+/m0/s1. The number of phenolic OH excluding ortho intramolecular Hbond substituents is 1. The van der Waals surface area contributed by atoms with Crippen molar-refractivity contribution in [1.82, 2.24) is 30.3 Å². The first-order valence-corrected chi connectivity index (χ1v) is 17.3. The molecule has 4 rings (SSSR count). The van der Waals surface area contributed by atoms with Gasteiger partial charge in [-0.25, -0.2) is 4.79 Å². The summed E-state index contributed by atoms with van der Waals surface area (Å²) in [5, 5.41) is 25.3. The van der Waals surface area contributed by atoms with Crippen LogP contribution in [0.1, 0.15) is 24.8 Å². The summed E-state index contributed by atoms with van der Waals surface area (Å²) < 4.78 is 0.895. The van der Waals surface area contributed by atoms with E-state index in [2.05, 4.69) is 57.3 Å². The number of anilines is 1. The quantitative estimate of drug-likeness (QED) is 0.190. The first-order chi connectivity index (χ1) is 22.2. The van der Waals surface area contributed by atoms with Crippen LogP contribution < -0.4 is 21.3 Å². The van der Waals surface area contributed by atoms with Crippen molar-refractivity contribution >= 4 is 55.4 Å². The summed E-state index contributed by atoms with van der Waals surface area (Å²) in [5.74, 6) is -0.585. The highest BCUT2D eigenvalue weighted by atomic mass is 79.9. The van der Waals surface area contributed by atoms with E-state index in [1.165, 1.54) is 0 Å². The average molecular weight is 769 g/mol. The molecule has 3 heterocycles. The minimum Gasteiger partial charge on any atom is -0.506 e. The fourth-order valence-electron chi connectivity index (χ4n) is 5.72. The molecule has 0 spiro atoms. The molecule has 0 unspecified atom stereocenters. The third-order valence-electron chi connectivity index (χ3n) is 8.39. The molecule has 13 nitrogen and oxygen atoms in total. The predicted molar refractivity (Wildman–Crippen MR) is 182 cm³/mol. The van der Waals surface area contributed by atoms with E-state index in [4.69, 9.17) is 5.73 Å². The average Bonchev–Trinajstić information content (AvgIpc) is 3.07. The Kier molecular flexibility index (Phi) is 13.9. The van der Waals surface area contributed by atoms with Crippen LogP contribution in [-0.4, -0.2) is 132 Å². The van der Waals surface area contributed by atoms with Gasteiger partial charge in [0.1, 0.15) is 17.8 Å². The normalized spacial score (nSPS) is 17.0. The molecule has 252 valence electrons. The lowest BCUT2D eigenvalue weighted by molar-refractivity contribution is -0.137. The number of pyridine rings is 1. The van der Waals surface area contributed by atoms with Crippen molar-refractivity contribution < 1.29 is 24.6 Å². The highest BCUT2D eigenvalue weighted by Gasteiger charge is 2.32. The summed E-state index contributed by atoms with van der Waals surface area (Å²) in [5.41, 5.74) is 7.49. The summed E-state index contributed by atoms with van der Waals surface area (Å²) in [7, 11) is 0. The molecule has 2 saturated heterocycles. The number of aromatic nitrogens is 1. The first-order valence-electron chi connectivity index (χ1n) is 15.7. The molecular formula is C31H44Br2N8O5. The summed E-state index contributed by atoms with van der Waals surface area (Å²) >= 11 is 6.70. The molecule has 2 atom stereocenters. The van der Waals surface area contributed by atoms with E-state index in [-0.39, 0.29) is 30.7 Å². The van der Waals surface area contributed by atoms with E-state index in [0.29, 0.717) is 99.2 Å². The van der Waals surface area contributed by atoms with Gasteiger partial charge in [-0.15, -0.1) is 0 Å². The molecule has 0 radical (unpaired) electrons. The highest BCUT2D eigenvalue weighted by Crippen LogP contribution is 2.33. The maximum Gasteiger partial charge on any atom is 0.318 e. The largest absolute Gasteiger partial charge is 0.506 e. The molecule has 2 aromatic rings. The van der Waals surface area contributed by atoms with Crippen molar-refractivity contribution in [2.75, 3.05) is 77.0 Å². The van der Waals surface area contributed by atoms with Crippen molar-refractivity contribution in [3.05, 3.63) is 51.2 Å². The van der Waals surface area contributed by atoms with Crippen LogP contribution >= 0.6 is 31.9 Å². The van der Waals surface area contributed by atoms with E-state index in [0.717, 1.165) is 5.69 Å². The van der Waals surface area contributed by atoms with Crippen LogP contribution in [0.15, 0.2) is 45.6 Å². The van der Waals surface area contributed by atoms with E-state index >= 15 is 0 Å². The van der Waals surface area contributed by atoms with E-state index in [9.17, 15) is 24.6 Å². The van der Waals surface area contributed by atoms with Crippen molar-refractivity contribution in [3.8, 4) is 5.75 Å². The Morgan fingerprint density at radius 2 is 1.52 bits per heavy atom. The zero-order valence-electron chi connectivity index (χ0n) is 25.9. The lowest BCUT2D eigenvalue weighted by Gasteiger charge is -2.38. The van der Waals surface area contributed by atoms with Gasteiger partial charge in [0.05, 0.1) is 15.6 Å². The number of piperazine rings is 2. The van der Waals surface area contributed by atoms with Gasteiger partial charge in [-0.3, -0.25) is 19.5 Å². The number of nitrogens with one attached hydrogen (secondary N) is 2. The van der Waals surface area contributed by atoms with Crippen LogP contribution in [0.5, 0.6) is 5.75 Å².